The molecule has 29 heavy (non-hydrogen) atoms. The van der Waals surface area contributed by atoms with E-state index in [0.717, 1.165) is 10.0 Å². The molecule has 0 aliphatic carbocycles. The Hall–Kier alpha value is -1.84. The number of sulfonamides is 1. The van der Waals surface area contributed by atoms with Crippen LogP contribution in [-0.2, 0) is 16.4 Å². The number of alkyl halides is 3. The normalized spacial score (nSPS) is 13.8. The number of aromatic nitrogens is 1. The largest absolute Gasteiger partial charge is 0.405 e. The highest BCUT2D eigenvalue weighted by Crippen LogP contribution is 2.31. The number of H-pyrrole nitrogens is 1. The summed E-state index contributed by atoms with van der Waals surface area (Å²) in [5, 5.41) is 0.607. The molecule has 0 bridgehead atoms. The van der Waals surface area contributed by atoms with Gasteiger partial charge >= 0.3 is 6.18 Å². The third kappa shape index (κ3) is 4.51. The summed E-state index contributed by atoms with van der Waals surface area (Å²) in [5.41, 5.74) is 2.70. The molecule has 0 aliphatic heterocycles. The van der Waals surface area contributed by atoms with Gasteiger partial charge in [0.15, 0.2) is 0 Å². The fraction of sp³-hybridized carbons (Fsp3) is 0.300. The monoisotopic (exact) mass is 488 g/mol. The molecule has 0 spiro atoms. The van der Waals surface area contributed by atoms with E-state index in [1.807, 2.05) is 4.72 Å². The van der Waals surface area contributed by atoms with Crippen LogP contribution in [0, 0.1) is 20.8 Å². The predicted molar refractivity (Wildman–Crippen MR) is 111 cm³/mol. The number of hydrogen-bond acceptors (Lipinski definition) is 2. The van der Waals surface area contributed by atoms with E-state index in [4.69, 9.17) is 0 Å². The highest BCUT2D eigenvalue weighted by atomic mass is 79.9. The molecular weight excluding hydrogens is 469 g/mol. The number of fused-ring (bicyclic) bond motifs is 1. The van der Waals surface area contributed by atoms with E-state index in [9.17, 15) is 21.6 Å². The molecule has 1 atom stereocenters. The van der Waals surface area contributed by atoms with Crippen LogP contribution >= 0.6 is 15.9 Å². The van der Waals surface area contributed by atoms with E-state index in [0.29, 0.717) is 27.6 Å². The van der Waals surface area contributed by atoms with Crippen molar-refractivity contribution < 1.29 is 21.6 Å². The Labute approximate surface area is 175 Å². The summed E-state index contributed by atoms with van der Waals surface area (Å²) in [6, 6.07) is 6.21. The molecule has 1 unspecified atom stereocenters. The average molecular weight is 489 g/mol. The van der Waals surface area contributed by atoms with Gasteiger partial charge in [0.2, 0.25) is 10.0 Å². The van der Waals surface area contributed by atoms with Gasteiger partial charge in [-0.15, -0.1) is 0 Å². The molecule has 0 radical (unpaired) electrons. The molecule has 0 amide bonds. The second kappa shape index (κ2) is 7.77. The zero-order chi connectivity index (χ0) is 21.6. The molecule has 3 rings (SSSR count). The maximum absolute atomic E-state index is 13.8. The van der Waals surface area contributed by atoms with Crippen LogP contribution in [-0.4, -0.2) is 25.6 Å². The van der Waals surface area contributed by atoms with E-state index in [-0.39, 0.29) is 4.90 Å². The molecule has 1 heterocycles. The summed E-state index contributed by atoms with van der Waals surface area (Å²) in [7, 11) is -4.37. The van der Waals surface area contributed by atoms with E-state index < -0.39 is 28.7 Å². The van der Waals surface area contributed by atoms with E-state index in [2.05, 4.69) is 20.9 Å². The Morgan fingerprint density at radius 2 is 1.76 bits per heavy atom. The quantitative estimate of drug-likeness (QED) is 0.511. The summed E-state index contributed by atoms with van der Waals surface area (Å²) in [6.07, 6.45) is -3.80. The van der Waals surface area contributed by atoms with Crippen molar-refractivity contribution in [2.75, 3.05) is 0 Å². The molecule has 0 saturated carbocycles. The summed E-state index contributed by atoms with van der Waals surface area (Å²) in [4.78, 5) is 2.83. The van der Waals surface area contributed by atoms with Crippen molar-refractivity contribution in [2.45, 2.75) is 44.3 Å². The van der Waals surface area contributed by atoms with Crippen molar-refractivity contribution in [3.8, 4) is 0 Å². The van der Waals surface area contributed by atoms with Gasteiger partial charge in [-0.05, 0) is 65.9 Å². The number of para-hydroxylation sites is 1. The summed E-state index contributed by atoms with van der Waals surface area (Å²) in [6.45, 7) is 4.96. The van der Waals surface area contributed by atoms with Gasteiger partial charge < -0.3 is 4.98 Å². The average Bonchev–Trinajstić information content (AvgIpc) is 2.96. The molecule has 1 aromatic heterocycles. The number of nitrogens with one attached hydrogen (secondary N) is 2. The van der Waals surface area contributed by atoms with Gasteiger partial charge in [-0.2, -0.15) is 17.9 Å². The first-order chi connectivity index (χ1) is 13.4. The summed E-state index contributed by atoms with van der Waals surface area (Å²) in [5.74, 6) is 0. The van der Waals surface area contributed by atoms with Crippen LogP contribution in [0.5, 0.6) is 0 Å². The molecule has 0 aliphatic rings. The lowest BCUT2D eigenvalue weighted by atomic mass is 10.1. The summed E-state index contributed by atoms with van der Waals surface area (Å²) < 4.78 is 69.6. The van der Waals surface area contributed by atoms with Gasteiger partial charge in [0, 0.05) is 16.1 Å². The Kier molecular flexibility index (Phi) is 5.86. The van der Waals surface area contributed by atoms with Crippen molar-refractivity contribution in [2.24, 2.45) is 0 Å². The van der Waals surface area contributed by atoms with Gasteiger partial charge in [-0.25, -0.2) is 8.42 Å². The zero-order valence-electron chi connectivity index (χ0n) is 16.0. The van der Waals surface area contributed by atoms with Crippen molar-refractivity contribution >= 4 is 36.9 Å². The van der Waals surface area contributed by atoms with Crippen LogP contribution in [0.2, 0.25) is 0 Å². The highest BCUT2D eigenvalue weighted by Gasteiger charge is 2.43. The minimum absolute atomic E-state index is 0.112. The lowest BCUT2D eigenvalue weighted by molar-refractivity contribution is -0.150. The predicted octanol–water partition coefficient (Wildman–Crippen LogP) is 5.31. The second-order valence-electron chi connectivity index (χ2n) is 7.12. The Morgan fingerprint density at radius 3 is 2.34 bits per heavy atom. The first kappa shape index (κ1) is 21.9. The third-order valence-electron chi connectivity index (χ3n) is 4.74. The number of rotatable bonds is 5. The standard InChI is InChI=1S/C20H20BrF3N2O2S/c1-11-7-12(2)19(13(3)8-11)29(27,28)26-17(20(22,23)24)9-14-10-25-18-15(14)5-4-6-16(18)21/h4-8,10,17,25-26H,9H2,1-3H3. The third-order valence-corrected chi connectivity index (χ3v) is 7.18. The van der Waals surface area contributed by atoms with Gasteiger partial charge in [-0.3, -0.25) is 0 Å². The SMILES string of the molecule is Cc1cc(C)c(S(=O)(=O)NC(Cc2c[nH]c3c(Br)cccc23)C(F)(F)F)c(C)c1. The van der Waals surface area contributed by atoms with Crippen molar-refractivity contribution in [3.05, 3.63) is 63.3 Å². The lowest BCUT2D eigenvalue weighted by Gasteiger charge is -2.23. The fourth-order valence-corrected chi connectivity index (χ4v) is 5.78. The van der Waals surface area contributed by atoms with Crippen LogP contribution in [0.25, 0.3) is 10.9 Å². The molecule has 2 aromatic carbocycles. The molecule has 156 valence electrons. The van der Waals surface area contributed by atoms with E-state index in [1.165, 1.54) is 6.20 Å². The molecule has 3 aromatic rings. The second-order valence-corrected chi connectivity index (χ2v) is 9.63. The maximum Gasteiger partial charge on any atom is 0.405 e. The van der Waals surface area contributed by atoms with Crippen LogP contribution in [0.1, 0.15) is 22.3 Å². The fourth-order valence-electron chi connectivity index (χ4n) is 3.63. The first-order valence-corrected chi connectivity index (χ1v) is 11.1. The van der Waals surface area contributed by atoms with Crippen LogP contribution in [0.4, 0.5) is 13.2 Å². The highest BCUT2D eigenvalue weighted by molar-refractivity contribution is 9.10. The van der Waals surface area contributed by atoms with Crippen LogP contribution in [0.3, 0.4) is 0 Å². The van der Waals surface area contributed by atoms with Crippen LogP contribution < -0.4 is 4.72 Å². The number of benzene rings is 2. The zero-order valence-corrected chi connectivity index (χ0v) is 18.4. The van der Waals surface area contributed by atoms with Crippen molar-refractivity contribution in [3.63, 3.8) is 0 Å². The van der Waals surface area contributed by atoms with Gasteiger partial charge in [0.25, 0.3) is 0 Å². The minimum Gasteiger partial charge on any atom is -0.360 e. The van der Waals surface area contributed by atoms with Crippen molar-refractivity contribution in [1.29, 1.82) is 0 Å². The Bertz CT molecular complexity index is 1150. The van der Waals surface area contributed by atoms with Crippen molar-refractivity contribution in [1.82, 2.24) is 9.71 Å². The number of halogens is 4. The Balaban J connectivity index is 1.99. The van der Waals surface area contributed by atoms with E-state index in [1.54, 1.807) is 51.1 Å². The topological polar surface area (TPSA) is 62.0 Å². The smallest absolute Gasteiger partial charge is 0.360 e. The molecule has 0 saturated heterocycles. The minimum atomic E-state index is -4.75. The molecule has 4 nitrogen and oxygen atoms in total. The molecule has 9 heteroatoms. The molecule has 2 N–H and O–H groups in total. The number of aromatic amines is 1. The van der Waals surface area contributed by atoms with E-state index >= 15 is 0 Å². The maximum atomic E-state index is 13.8. The Morgan fingerprint density at radius 1 is 1.14 bits per heavy atom. The first-order valence-electron chi connectivity index (χ1n) is 8.81. The molecular formula is C20H20BrF3N2O2S. The van der Waals surface area contributed by atoms with Gasteiger partial charge in [-0.1, -0.05) is 29.8 Å². The summed E-state index contributed by atoms with van der Waals surface area (Å²) >= 11 is 3.35. The van der Waals surface area contributed by atoms with Crippen LogP contribution in [0.15, 0.2) is 45.9 Å². The number of hydrogen-bond donors (Lipinski definition) is 2. The van der Waals surface area contributed by atoms with Gasteiger partial charge in [0.05, 0.1) is 10.4 Å². The van der Waals surface area contributed by atoms with Gasteiger partial charge in [0.1, 0.15) is 6.04 Å². The molecule has 0 fully saturated rings. The number of aryl methyl sites for hydroxylation is 3. The lowest BCUT2D eigenvalue weighted by Crippen LogP contribution is -2.47.